The molecular weight excluding hydrogens is 338 g/mol. The number of rotatable bonds is 5. The van der Waals surface area contributed by atoms with Crippen LogP contribution in [0.15, 0.2) is 42.9 Å². The number of hydrogen-bond acceptors (Lipinski definition) is 5. The van der Waals surface area contributed by atoms with Crippen molar-refractivity contribution in [2.75, 3.05) is 36.5 Å². The van der Waals surface area contributed by atoms with E-state index in [1.165, 1.54) is 18.5 Å². The fourth-order valence-corrected chi connectivity index (χ4v) is 4.10. The van der Waals surface area contributed by atoms with Crippen LogP contribution in [0.4, 0.5) is 11.5 Å². The quantitative estimate of drug-likeness (QED) is 0.751. The lowest BCUT2D eigenvalue weighted by atomic mass is 10.1. The van der Waals surface area contributed by atoms with Crippen molar-refractivity contribution in [3.63, 3.8) is 0 Å². The van der Waals surface area contributed by atoms with Gasteiger partial charge in [-0.1, -0.05) is 12.1 Å². The smallest absolute Gasteiger partial charge is 0.157 e. The third-order valence-corrected chi connectivity index (χ3v) is 5.56. The summed E-state index contributed by atoms with van der Waals surface area (Å²) in [5.41, 5.74) is 4.24. The molecule has 1 atom stereocenters. The van der Waals surface area contributed by atoms with E-state index in [-0.39, 0.29) is 6.10 Å². The number of imidazole rings is 1. The highest BCUT2D eigenvalue weighted by Gasteiger charge is 2.19. The topological polar surface area (TPSA) is 54.7 Å². The van der Waals surface area contributed by atoms with Gasteiger partial charge < -0.3 is 15.0 Å². The second kappa shape index (κ2) is 7.19. The minimum atomic E-state index is 0.280. The number of hydrogen-bond donors (Lipinski definition) is 1. The van der Waals surface area contributed by atoms with Crippen LogP contribution < -0.4 is 10.2 Å². The van der Waals surface area contributed by atoms with E-state index in [1.54, 1.807) is 12.4 Å². The molecule has 5 rings (SSSR count). The van der Waals surface area contributed by atoms with E-state index in [1.807, 2.05) is 6.20 Å². The van der Waals surface area contributed by atoms with Gasteiger partial charge in [-0.2, -0.15) is 0 Å². The zero-order valence-corrected chi connectivity index (χ0v) is 15.5. The molecule has 0 bridgehead atoms. The van der Waals surface area contributed by atoms with E-state index in [0.29, 0.717) is 0 Å². The van der Waals surface area contributed by atoms with Gasteiger partial charge in [-0.05, 0) is 37.8 Å². The largest absolute Gasteiger partial charge is 0.376 e. The van der Waals surface area contributed by atoms with E-state index in [2.05, 4.69) is 43.9 Å². The molecule has 2 aromatic heterocycles. The Kier molecular flexibility index (Phi) is 4.41. The molecule has 2 aliphatic heterocycles. The summed E-state index contributed by atoms with van der Waals surface area (Å²) in [5, 5.41) is 3.58. The summed E-state index contributed by atoms with van der Waals surface area (Å²) in [6.45, 7) is 3.99. The lowest BCUT2D eigenvalue weighted by Gasteiger charge is -2.18. The van der Waals surface area contributed by atoms with Gasteiger partial charge in [0.05, 0.1) is 12.3 Å². The first-order valence-corrected chi connectivity index (χ1v) is 9.91. The summed E-state index contributed by atoms with van der Waals surface area (Å²) >= 11 is 0. The van der Waals surface area contributed by atoms with Crippen molar-refractivity contribution in [1.29, 1.82) is 0 Å². The van der Waals surface area contributed by atoms with Crippen LogP contribution in [0.2, 0.25) is 0 Å². The van der Waals surface area contributed by atoms with Crippen LogP contribution in [0.5, 0.6) is 0 Å². The molecule has 2 fully saturated rings. The Balaban J connectivity index is 1.46. The highest BCUT2D eigenvalue weighted by atomic mass is 16.5. The third kappa shape index (κ3) is 3.25. The molecule has 0 saturated carbocycles. The van der Waals surface area contributed by atoms with Crippen molar-refractivity contribution < 1.29 is 4.74 Å². The molecule has 0 radical (unpaired) electrons. The summed E-state index contributed by atoms with van der Waals surface area (Å²) in [5.74, 6) is 1.01. The predicted molar refractivity (Wildman–Crippen MR) is 107 cm³/mol. The summed E-state index contributed by atoms with van der Waals surface area (Å²) < 4.78 is 7.85. The molecule has 0 spiro atoms. The first-order valence-electron chi connectivity index (χ1n) is 9.91. The maximum Gasteiger partial charge on any atom is 0.157 e. The summed E-state index contributed by atoms with van der Waals surface area (Å²) in [7, 11) is 0. The zero-order valence-electron chi connectivity index (χ0n) is 15.5. The SMILES string of the molecule is c1cn2c(NC[C@@H]3CCCO3)c(-c3ccc(N4CCCC4)cc3)nc2cn1. The van der Waals surface area contributed by atoms with Crippen LogP contribution in [0, 0.1) is 0 Å². The van der Waals surface area contributed by atoms with E-state index in [0.717, 1.165) is 61.8 Å². The van der Waals surface area contributed by atoms with Crippen molar-refractivity contribution in [1.82, 2.24) is 14.4 Å². The second-order valence-electron chi connectivity index (χ2n) is 7.37. The van der Waals surface area contributed by atoms with E-state index < -0.39 is 0 Å². The number of nitrogens with zero attached hydrogens (tertiary/aromatic N) is 4. The maximum absolute atomic E-state index is 5.77. The first kappa shape index (κ1) is 16.6. The molecule has 1 aromatic carbocycles. The Labute approximate surface area is 159 Å². The summed E-state index contributed by atoms with van der Waals surface area (Å²) in [6, 6.07) is 8.79. The van der Waals surface area contributed by atoms with Crippen LogP contribution in [0.25, 0.3) is 16.9 Å². The maximum atomic E-state index is 5.77. The molecule has 6 nitrogen and oxygen atoms in total. The van der Waals surface area contributed by atoms with Crippen molar-refractivity contribution in [2.45, 2.75) is 31.8 Å². The molecule has 140 valence electrons. The zero-order chi connectivity index (χ0) is 18.1. The van der Waals surface area contributed by atoms with E-state index in [4.69, 9.17) is 9.72 Å². The normalized spacial score (nSPS) is 19.9. The van der Waals surface area contributed by atoms with Crippen molar-refractivity contribution in [3.05, 3.63) is 42.9 Å². The molecule has 2 saturated heterocycles. The number of anilines is 2. The van der Waals surface area contributed by atoms with E-state index in [9.17, 15) is 0 Å². The third-order valence-electron chi connectivity index (χ3n) is 5.56. The van der Waals surface area contributed by atoms with Gasteiger partial charge in [0.15, 0.2) is 5.65 Å². The van der Waals surface area contributed by atoms with Gasteiger partial charge in [-0.15, -0.1) is 0 Å². The Morgan fingerprint density at radius 3 is 2.74 bits per heavy atom. The Morgan fingerprint density at radius 2 is 1.96 bits per heavy atom. The fraction of sp³-hybridized carbons (Fsp3) is 0.429. The predicted octanol–water partition coefficient (Wildman–Crippen LogP) is 3.59. The van der Waals surface area contributed by atoms with Crippen LogP contribution in [-0.4, -0.2) is 46.7 Å². The van der Waals surface area contributed by atoms with E-state index >= 15 is 0 Å². The van der Waals surface area contributed by atoms with Gasteiger partial charge in [0.1, 0.15) is 11.5 Å². The molecule has 6 heteroatoms. The highest BCUT2D eigenvalue weighted by molar-refractivity contribution is 5.77. The lowest BCUT2D eigenvalue weighted by Crippen LogP contribution is -2.19. The molecule has 0 amide bonds. The molecule has 0 aliphatic carbocycles. The average molecular weight is 363 g/mol. The Bertz CT molecular complexity index is 908. The lowest BCUT2D eigenvalue weighted by molar-refractivity contribution is 0.120. The Hall–Kier alpha value is -2.60. The summed E-state index contributed by atoms with van der Waals surface area (Å²) in [6.07, 6.45) is 10.7. The van der Waals surface area contributed by atoms with Crippen molar-refractivity contribution >= 4 is 17.2 Å². The minimum Gasteiger partial charge on any atom is -0.376 e. The van der Waals surface area contributed by atoms with Crippen LogP contribution >= 0.6 is 0 Å². The molecule has 3 aromatic rings. The van der Waals surface area contributed by atoms with Gasteiger partial charge >= 0.3 is 0 Å². The highest BCUT2D eigenvalue weighted by Crippen LogP contribution is 2.31. The van der Waals surface area contributed by atoms with Crippen LogP contribution in [0.3, 0.4) is 0 Å². The molecule has 27 heavy (non-hydrogen) atoms. The van der Waals surface area contributed by atoms with Crippen LogP contribution in [-0.2, 0) is 4.74 Å². The first-order chi connectivity index (χ1) is 13.4. The van der Waals surface area contributed by atoms with Crippen molar-refractivity contribution in [2.24, 2.45) is 0 Å². The molecule has 2 aliphatic rings. The standard InChI is InChI=1S/C21H25N5O/c1-2-11-25(10-1)17-7-5-16(6-8-17)20-21(23-14-18-4-3-13-27-18)26-12-9-22-15-19(26)24-20/h5-9,12,15,18,23H,1-4,10-11,13-14H2/t18-/m0/s1. The fourth-order valence-electron chi connectivity index (χ4n) is 4.10. The number of ether oxygens (including phenoxy) is 1. The number of nitrogens with one attached hydrogen (secondary N) is 1. The molecule has 0 unspecified atom stereocenters. The average Bonchev–Trinajstić information content (AvgIpc) is 3.47. The molecule has 4 heterocycles. The van der Waals surface area contributed by atoms with Crippen molar-refractivity contribution in [3.8, 4) is 11.3 Å². The van der Waals surface area contributed by atoms with Gasteiger partial charge in [0, 0.05) is 49.9 Å². The molecular formula is C21H25N5O. The van der Waals surface area contributed by atoms with Gasteiger partial charge in [-0.25, -0.2) is 4.98 Å². The summed E-state index contributed by atoms with van der Waals surface area (Å²) in [4.78, 5) is 11.5. The minimum absolute atomic E-state index is 0.280. The van der Waals surface area contributed by atoms with Gasteiger partial charge in [0.25, 0.3) is 0 Å². The number of fused-ring (bicyclic) bond motifs is 1. The number of aromatic nitrogens is 3. The number of benzene rings is 1. The molecule has 1 N–H and O–H groups in total. The van der Waals surface area contributed by atoms with Crippen LogP contribution in [0.1, 0.15) is 25.7 Å². The Morgan fingerprint density at radius 1 is 1.11 bits per heavy atom. The monoisotopic (exact) mass is 363 g/mol. The van der Waals surface area contributed by atoms with Gasteiger partial charge in [0.2, 0.25) is 0 Å². The van der Waals surface area contributed by atoms with Gasteiger partial charge in [-0.3, -0.25) is 9.38 Å². The second-order valence-corrected chi connectivity index (χ2v) is 7.37.